The summed E-state index contributed by atoms with van der Waals surface area (Å²) < 4.78 is 6.89. The first kappa shape index (κ1) is 19.8. The average molecular weight is 369 g/mol. The van der Waals surface area contributed by atoms with Crippen molar-refractivity contribution in [3.63, 3.8) is 0 Å². The van der Waals surface area contributed by atoms with Crippen molar-refractivity contribution in [2.45, 2.75) is 97.6 Å². The lowest BCUT2D eigenvalue weighted by Gasteiger charge is -2.50. The highest BCUT2D eigenvalue weighted by Gasteiger charge is 2.72. The van der Waals surface area contributed by atoms with Crippen molar-refractivity contribution in [2.75, 3.05) is 6.61 Å². The van der Waals surface area contributed by atoms with Crippen molar-refractivity contribution in [1.29, 1.82) is 0 Å². The van der Waals surface area contributed by atoms with Gasteiger partial charge >= 0.3 is 0 Å². The Morgan fingerprint density at radius 3 is 2.20 bits per heavy atom. The number of rotatable bonds is 3. The molecule has 4 heteroatoms. The number of hydrogen-bond acceptors (Lipinski definition) is 3. The Morgan fingerprint density at radius 1 is 1.08 bits per heavy atom. The molecule has 6 atom stereocenters. The van der Waals surface area contributed by atoms with Crippen LogP contribution < -0.4 is 0 Å². The van der Waals surface area contributed by atoms with E-state index in [1.807, 2.05) is 0 Å². The molecule has 3 aliphatic rings. The molecular formula is C21H40O3Si. The summed E-state index contributed by atoms with van der Waals surface area (Å²) in [5.74, 6) is 0.940. The van der Waals surface area contributed by atoms with E-state index in [9.17, 15) is 10.2 Å². The van der Waals surface area contributed by atoms with E-state index >= 15 is 0 Å². The maximum Gasteiger partial charge on any atom is 0.192 e. The van der Waals surface area contributed by atoms with Gasteiger partial charge in [-0.15, -0.1) is 0 Å². The zero-order valence-electron chi connectivity index (χ0n) is 17.6. The Kier molecular flexibility index (Phi) is 4.41. The molecule has 0 spiro atoms. The fourth-order valence-electron chi connectivity index (χ4n) is 6.05. The fraction of sp³-hybridized carbons (Fsp3) is 1.00. The van der Waals surface area contributed by atoms with E-state index < -0.39 is 19.8 Å². The molecule has 0 aromatic rings. The van der Waals surface area contributed by atoms with E-state index in [1.165, 1.54) is 0 Å². The van der Waals surface area contributed by atoms with Crippen LogP contribution in [0.3, 0.4) is 0 Å². The summed E-state index contributed by atoms with van der Waals surface area (Å²) in [5.41, 5.74) is -0.297. The highest BCUT2D eigenvalue weighted by Crippen LogP contribution is 2.72. The number of fused-ring (bicyclic) bond motifs is 2. The topological polar surface area (TPSA) is 49.7 Å². The second-order valence-electron chi connectivity index (χ2n) is 11.6. The normalized spacial score (nSPS) is 46.3. The third kappa shape index (κ3) is 2.54. The van der Waals surface area contributed by atoms with Gasteiger partial charge in [0.05, 0.1) is 18.8 Å². The lowest BCUT2D eigenvalue weighted by molar-refractivity contribution is -0.120. The van der Waals surface area contributed by atoms with E-state index in [2.05, 4.69) is 54.6 Å². The van der Waals surface area contributed by atoms with Gasteiger partial charge in [-0.3, -0.25) is 0 Å². The van der Waals surface area contributed by atoms with Crippen molar-refractivity contribution in [2.24, 2.45) is 28.1 Å². The van der Waals surface area contributed by atoms with Gasteiger partial charge in [-0.25, -0.2) is 0 Å². The van der Waals surface area contributed by atoms with Crippen LogP contribution in [-0.4, -0.2) is 37.3 Å². The molecule has 3 aliphatic carbocycles. The molecule has 0 bridgehead atoms. The van der Waals surface area contributed by atoms with Crippen molar-refractivity contribution >= 4 is 8.32 Å². The van der Waals surface area contributed by atoms with Crippen LogP contribution in [-0.2, 0) is 4.43 Å². The molecule has 0 saturated heterocycles. The minimum Gasteiger partial charge on any atom is -0.413 e. The minimum absolute atomic E-state index is 0.0847. The van der Waals surface area contributed by atoms with Crippen LogP contribution in [0, 0.1) is 28.1 Å². The van der Waals surface area contributed by atoms with Gasteiger partial charge in [0.25, 0.3) is 0 Å². The molecule has 3 fully saturated rings. The SMILES string of the molecule is CC1(C)[C@@H]2[C@H]1CC[C@]1(C)[C@@H](O[Si](C)(C)C(C)(C)C)CC[C@]1(CO)[C@@H]2O. The molecule has 146 valence electrons. The van der Waals surface area contributed by atoms with Gasteiger partial charge in [0.15, 0.2) is 8.32 Å². The number of aliphatic hydroxyl groups is 2. The monoisotopic (exact) mass is 368 g/mol. The van der Waals surface area contributed by atoms with Gasteiger partial charge in [0.2, 0.25) is 0 Å². The number of aliphatic hydroxyl groups excluding tert-OH is 2. The summed E-state index contributed by atoms with van der Waals surface area (Å²) in [5, 5.41) is 22.1. The number of hydrogen-bond donors (Lipinski definition) is 2. The molecule has 0 aromatic heterocycles. The van der Waals surface area contributed by atoms with Crippen LogP contribution in [0.15, 0.2) is 0 Å². The van der Waals surface area contributed by atoms with Crippen LogP contribution in [0.4, 0.5) is 0 Å². The predicted octanol–water partition coefficient (Wildman–Crippen LogP) is 4.58. The Bertz CT molecular complexity index is 538. The third-order valence-corrected chi connectivity index (χ3v) is 13.7. The molecule has 0 unspecified atom stereocenters. The van der Waals surface area contributed by atoms with E-state index in [0.29, 0.717) is 11.8 Å². The van der Waals surface area contributed by atoms with Gasteiger partial charge in [0, 0.05) is 10.8 Å². The predicted molar refractivity (Wildman–Crippen MR) is 105 cm³/mol. The molecule has 0 amide bonds. The van der Waals surface area contributed by atoms with Gasteiger partial charge in [0.1, 0.15) is 0 Å². The lowest BCUT2D eigenvalue weighted by atomic mass is 9.60. The maximum atomic E-state index is 11.4. The first-order valence-corrected chi connectivity index (χ1v) is 13.1. The second kappa shape index (κ2) is 5.56. The Hall–Kier alpha value is 0.0969. The maximum absolute atomic E-state index is 11.4. The average Bonchev–Trinajstić information content (AvgIpc) is 2.94. The van der Waals surface area contributed by atoms with Crippen LogP contribution in [0.2, 0.25) is 18.1 Å². The molecule has 0 heterocycles. The standard InChI is InChI=1S/C21H40O3Si/c1-18(2,3)25(7,8)24-15-10-12-21(13-22)17(23)16-14(19(16,4)5)9-11-20(15,21)6/h14-17,22-23H,9-13H2,1-8H3/t14-,15+,16-,17-,20-,21+/m1/s1. The Balaban J connectivity index is 1.93. The lowest BCUT2D eigenvalue weighted by Crippen LogP contribution is -2.55. The van der Waals surface area contributed by atoms with Gasteiger partial charge in [-0.1, -0.05) is 41.5 Å². The minimum atomic E-state index is -1.87. The summed E-state index contributed by atoms with van der Waals surface area (Å²) in [7, 11) is -1.87. The van der Waals surface area contributed by atoms with E-state index in [-0.39, 0.29) is 28.6 Å². The van der Waals surface area contributed by atoms with Crippen LogP contribution in [0.1, 0.15) is 67.2 Å². The molecule has 0 aliphatic heterocycles. The van der Waals surface area contributed by atoms with Crippen molar-refractivity contribution in [1.82, 2.24) is 0 Å². The van der Waals surface area contributed by atoms with E-state index in [0.717, 1.165) is 25.7 Å². The summed E-state index contributed by atoms with van der Waals surface area (Å²) in [4.78, 5) is 0. The van der Waals surface area contributed by atoms with Crippen molar-refractivity contribution in [3.8, 4) is 0 Å². The van der Waals surface area contributed by atoms with Crippen LogP contribution in [0.25, 0.3) is 0 Å². The smallest absolute Gasteiger partial charge is 0.192 e. The first-order chi connectivity index (χ1) is 11.2. The third-order valence-electron chi connectivity index (χ3n) is 9.25. The molecule has 3 rings (SSSR count). The molecule has 25 heavy (non-hydrogen) atoms. The fourth-order valence-corrected chi connectivity index (χ4v) is 7.49. The second-order valence-corrected chi connectivity index (χ2v) is 16.3. The van der Waals surface area contributed by atoms with Gasteiger partial charge < -0.3 is 14.6 Å². The zero-order valence-corrected chi connectivity index (χ0v) is 18.6. The summed E-state index contributed by atoms with van der Waals surface area (Å²) in [6.45, 7) is 18.5. The summed E-state index contributed by atoms with van der Waals surface area (Å²) in [6, 6.07) is 0. The summed E-state index contributed by atoms with van der Waals surface area (Å²) >= 11 is 0. The molecule has 2 N–H and O–H groups in total. The molecule has 3 nitrogen and oxygen atoms in total. The molecular weight excluding hydrogens is 328 g/mol. The molecule has 0 aromatic carbocycles. The summed E-state index contributed by atoms with van der Waals surface area (Å²) in [6.07, 6.45) is 3.84. The Labute approximate surface area is 155 Å². The van der Waals surface area contributed by atoms with Crippen molar-refractivity contribution in [3.05, 3.63) is 0 Å². The van der Waals surface area contributed by atoms with Crippen LogP contribution in [0.5, 0.6) is 0 Å². The highest BCUT2D eigenvalue weighted by atomic mass is 28.4. The van der Waals surface area contributed by atoms with Gasteiger partial charge in [-0.2, -0.15) is 0 Å². The Morgan fingerprint density at radius 2 is 1.68 bits per heavy atom. The quantitative estimate of drug-likeness (QED) is 0.717. The zero-order chi connectivity index (χ0) is 19.1. The molecule has 3 saturated carbocycles. The first-order valence-electron chi connectivity index (χ1n) is 10.2. The van der Waals surface area contributed by atoms with E-state index in [1.54, 1.807) is 0 Å². The molecule has 0 radical (unpaired) electrons. The van der Waals surface area contributed by atoms with E-state index in [4.69, 9.17) is 4.43 Å². The van der Waals surface area contributed by atoms with Gasteiger partial charge in [-0.05, 0) is 61.1 Å². The largest absolute Gasteiger partial charge is 0.413 e. The highest BCUT2D eigenvalue weighted by molar-refractivity contribution is 6.74. The van der Waals surface area contributed by atoms with Crippen LogP contribution >= 0.6 is 0 Å². The van der Waals surface area contributed by atoms with Crippen molar-refractivity contribution < 1.29 is 14.6 Å².